The van der Waals surface area contributed by atoms with Crippen LogP contribution in [0.1, 0.15) is 5.56 Å². The Kier molecular flexibility index (Phi) is 4.10. The second kappa shape index (κ2) is 5.46. The predicted molar refractivity (Wildman–Crippen MR) is 75.0 cm³/mol. The minimum Gasteiger partial charge on any atom is -0.398 e. The maximum atomic E-state index is 12.4. The molecule has 1 heterocycles. The van der Waals surface area contributed by atoms with E-state index >= 15 is 0 Å². The number of hydrazine groups is 1. The van der Waals surface area contributed by atoms with Crippen molar-refractivity contribution in [3.8, 4) is 0 Å². The van der Waals surface area contributed by atoms with Crippen molar-refractivity contribution in [2.75, 3.05) is 39.0 Å². The lowest BCUT2D eigenvalue weighted by Gasteiger charge is -2.32. The van der Waals surface area contributed by atoms with Crippen LogP contribution in [0.25, 0.3) is 0 Å². The van der Waals surface area contributed by atoms with Gasteiger partial charge < -0.3 is 10.6 Å². The van der Waals surface area contributed by atoms with Gasteiger partial charge in [0.05, 0.1) is 5.69 Å². The lowest BCUT2D eigenvalue weighted by atomic mass is 10.2. The molecule has 0 aromatic heterocycles. The summed E-state index contributed by atoms with van der Waals surface area (Å²) in [5.74, 6) is 0. The molecule has 0 radical (unpaired) electrons. The first-order chi connectivity index (χ1) is 8.90. The van der Waals surface area contributed by atoms with E-state index < -0.39 is 10.0 Å². The van der Waals surface area contributed by atoms with Crippen molar-refractivity contribution in [1.29, 1.82) is 0 Å². The first-order valence-corrected chi connectivity index (χ1v) is 7.69. The summed E-state index contributed by atoms with van der Waals surface area (Å²) in [5, 5.41) is 1.72. The molecule has 1 aliphatic heterocycles. The Balaban J connectivity index is 2.19. The first kappa shape index (κ1) is 14.3. The minimum atomic E-state index is -3.61. The molecule has 7 heteroatoms. The lowest BCUT2D eigenvalue weighted by molar-refractivity contribution is 0.135. The minimum absolute atomic E-state index is 0.175. The molecule has 1 aliphatic rings. The van der Waals surface area contributed by atoms with Gasteiger partial charge in [-0.05, 0) is 25.6 Å². The van der Waals surface area contributed by atoms with Crippen LogP contribution in [0.3, 0.4) is 0 Å². The molecule has 0 bridgehead atoms. The van der Waals surface area contributed by atoms with Crippen molar-refractivity contribution >= 4 is 15.7 Å². The van der Waals surface area contributed by atoms with E-state index in [1.807, 2.05) is 7.05 Å². The van der Waals surface area contributed by atoms with Crippen molar-refractivity contribution in [3.05, 3.63) is 23.8 Å². The molecule has 6 nitrogen and oxygen atoms in total. The number of likely N-dealkylation sites (N-methyl/N-ethyl adjacent to an activating group) is 1. The Morgan fingerprint density at radius 2 is 1.84 bits per heavy atom. The highest BCUT2D eigenvalue weighted by molar-refractivity contribution is 7.89. The van der Waals surface area contributed by atoms with Gasteiger partial charge in [-0.15, -0.1) is 4.83 Å². The topological polar surface area (TPSA) is 78.7 Å². The van der Waals surface area contributed by atoms with E-state index in [1.165, 1.54) is 0 Å². The standard InChI is InChI=1S/C12H20N4O2S/c1-10-4-3-5-11(13)12(10)19(17,18)14-16-8-6-15(2)7-9-16/h3-5,14H,6-9,13H2,1-2H3. The quantitative estimate of drug-likeness (QED) is 0.765. The van der Waals surface area contributed by atoms with Crippen molar-refractivity contribution in [2.24, 2.45) is 0 Å². The SMILES string of the molecule is Cc1cccc(N)c1S(=O)(=O)NN1CCN(C)CC1. The summed E-state index contributed by atoms with van der Waals surface area (Å²) in [7, 11) is -1.59. The molecule has 1 fully saturated rings. The van der Waals surface area contributed by atoms with Crippen LogP contribution in [0.5, 0.6) is 0 Å². The summed E-state index contributed by atoms with van der Waals surface area (Å²) in [6.07, 6.45) is 0. The number of sulfonamides is 1. The number of aryl methyl sites for hydroxylation is 1. The molecular formula is C12H20N4O2S. The third-order valence-corrected chi connectivity index (χ3v) is 4.86. The number of hydrogen-bond acceptors (Lipinski definition) is 5. The van der Waals surface area contributed by atoms with Gasteiger partial charge in [0.1, 0.15) is 4.90 Å². The highest BCUT2D eigenvalue weighted by Gasteiger charge is 2.24. The summed E-state index contributed by atoms with van der Waals surface area (Å²) in [6, 6.07) is 5.10. The number of nitrogens with one attached hydrogen (secondary N) is 1. The van der Waals surface area contributed by atoms with Gasteiger partial charge in [0.25, 0.3) is 10.0 Å². The summed E-state index contributed by atoms with van der Waals surface area (Å²) < 4.78 is 24.8. The zero-order valence-electron chi connectivity index (χ0n) is 11.3. The zero-order valence-corrected chi connectivity index (χ0v) is 12.1. The van der Waals surface area contributed by atoms with Crippen LogP contribution in [0.15, 0.2) is 23.1 Å². The van der Waals surface area contributed by atoms with Crippen LogP contribution >= 0.6 is 0 Å². The normalized spacial score (nSPS) is 18.6. The zero-order chi connectivity index (χ0) is 14.0. The summed E-state index contributed by atoms with van der Waals surface area (Å²) in [6.45, 7) is 4.76. The fourth-order valence-corrected chi connectivity index (χ4v) is 3.64. The number of piperazine rings is 1. The van der Waals surface area contributed by atoms with Gasteiger partial charge in [-0.1, -0.05) is 12.1 Å². The fourth-order valence-electron chi connectivity index (χ4n) is 2.16. The monoisotopic (exact) mass is 284 g/mol. The van der Waals surface area contributed by atoms with Crippen LogP contribution in [0, 0.1) is 6.92 Å². The number of rotatable bonds is 3. The highest BCUT2D eigenvalue weighted by atomic mass is 32.2. The molecule has 0 amide bonds. The van der Waals surface area contributed by atoms with Gasteiger partial charge in [-0.25, -0.2) is 13.4 Å². The third kappa shape index (κ3) is 3.24. The van der Waals surface area contributed by atoms with Crippen LogP contribution in [0.2, 0.25) is 0 Å². The van der Waals surface area contributed by atoms with Crippen LogP contribution in [0.4, 0.5) is 5.69 Å². The third-order valence-electron chi connectivity index (χ3n) is 3.26. The molecule has 0 unspecified atom stereocenters. The number of nitrogens with zero attached hydrogens (tertiary/aromatic N) is 2. The van der Waals surface area contributed by atoms with Crippen LogP contribution < -0.4 is 10.6 Å². The van der Waals surface area contributed by atoms with E-state index in [-0.39, 0.29) is 10.6 Å². The molecule has 0 aliphatic carbocycles. The molecule has 2 rings (SSSR count). The summed E-state index contributed by atoms with van der Waals surface area (Å²) >= 11 is 0. The van der Waals surface area contributed by atoms with E-state index in [0.717, 1.165) is 13.1 Å². The van der Waals surface area contributed by atoms with Crippen molar-refractivity contribution in [2.45, 2.75) is 11.8 Å². The molecule has 19 heavy (non-hydrogen) atoms. The van der Waals surface area contributed by atoms with Gasteiger partial charge in [0.2, 0.25) is 0 Å². The van der Waals surface area contributed by atoms with Gasteiger partial charge in [0, 0.05) is 26.2 Å². The summed E-state index contributed by atoms with van der Waals surface area (Å²) in [5.41, 5.74) is 6.72. The molecule has 1 saturated heterocycles. The lowest BCUT2D eigenvalue weighted by Crippen LogP contribution is -2.52. The smallest absolute Gasteiger partial charge is 0.255 e. The molecular weight excluding hydrogens is 264 g/mol. The van der Waals surface area contributed by atoms with Gasteiger partial charge in [-0.3, -0.25) is 0 Å². The van der Waals surface area contributed by atoms with E-state index in [9.17, 15) is 8.42 Å². The number of nitrogens with two attached hydrogens (primary N) is 1. The Bertz CT molecular complexity index is 531. The van der Waals surface area contributed by atoms with Crippen LogP contribution in [-0.2, 0) is 10.0 Å². The van der Waals surface area contributed by atoms with Crippen molar-refractivity contribution in [3.63, 3.8) is 0 Å². The largest absolute Gasteiger partial charge is 0.398 e. The van der Waals surface area contributed by atoms with E-state index in [4.69, 9.17) is 5.73 Å². The van der Waals surface area contributed by atoms with Gasteiger partial charge in [0.15, 0.2) is 0 Å². The molecule has 0 spiro atoms. The van der Waals surface area contributed by atoms with E-state index in [1.54, 1.807) is 30.1 Å². The molecule has 0 saturated carbocycles. The Labute approximate surface area is 114 Å². The highest BCUT2D eigenvalue weighted by Crippen LogP contribution is 2.22. The Morgan fingerprint density at radius 1 is 1.21 bits per heavy atom. The maximum Gasteiger partial charge on any atom is 0.255 e. The van der Waals surface area contributed by atoms with Gasteiger partial charge in [-0.2, -0.15) is 0 Å². The predicted octanol–water partition coefficient (Wildman–Crippen LogP) is 0.0179. The average Bonchev–Trinajstić information content (AvgIpc) is 2.31. The Morgan fingerprint density at radius 3 is 2.42 bits per heavy atom. The second-order valence-corrected chi connectivity index (χ2v) is 6.48. The van der Waals surface area contributed by atoms with Gasteiger partial charge >= 0.3 is 0 Å². The fraction of sp³-hybridized carbons (Fsp3) is 0.500. The first-order valence-electron chi connectivity index (χ1n) is 6.21. The van der Waals surface area contributed by atoms with E-state index in [2.05, 4.69) is 9.73 Å². The van der Waals surface area contributed by atoms with E-state index in [0.29, 0.717) is 18.7 Å². The number of benzene rings is 1. The van der Waals surface area contributed by atoms with Crippen molar-refractivity contribution in [1.82, 2.24) is 14.7 Å². The second-order valence-electron chi connectivity index (χ2n) is 4.88. The molecule has 106 valence electrons. The molecule has 3 N–H and O–H groups in total. The molecule has 0 atom stereocenters. The number of hydrogen-bond donors (Lipinski definition) is 2. The summed E-state index contributed by atoms with van der Waals surface area (Å²) in [4.78, 5) is 4.95. The van der Waals surface area contributed by atoms with Crippen LogP contribution in [-0.4, -0.2) is 51.6 Å². The molecule has 1 aromatic rings. The van der Waals surface area contributed by atoms with Crippen molar-refractivity contribution < 1.29 is 8.42 Å². The number of nitrogen functional groups attached to an aromatic ring is 1. The maximum absolute atomic E-state index is 12.4. The average molecular weight is 284 g/mol. The number of anilines is 1. The Hall–Kier alpha value is -1.15. The molecule has 1 aromatic carbocycles.